The van der Waals surface area contributed by atoms with E-state index in [1.54, 1.807) is 15.8 Å². The largest absolute Gasteiger partial charge is 0.392 e. The summed E-state index contributed by atoms with van der Waals surface area (Å²) in [7, 11) is -3.38. The molecule has 1 saturated carbocycles. The zero-order chi connectivity index (χ0) is 14.2. The van der Waals surface area contributed by atoms with Crippen LogP contribution in [0, 0.1) is 5.92 Å². The smallest absolute Gasteiger partial charge is 0.252 e. The summed E-state index contributed by atoms with van der Waals surface area (Å²) in [6, 6.07) is 1.81. The summed E-state index contributed by atoms with van der Waals surface area (Å²) < 4.78 is 27.8. The van der Waals surface area contributed by atoms with Crippen molar-refractivity contribution in [1.29, 1.82) is 0 Å². The minimum atomic E-state index is -3.38. The average molecular weight is 315 g/mol. The third-order valence-corrected chi connectivity index (χ3v) is 7.96. The fourth-order valence-corrected chi connectivity index (χ4v) is 6.65. The first-order valence-corrected chi connectivity index (χ1v) is 9.65. The molecule has 0 spiro atoms. The van der Waals surface area contributed by atoms with Crippen molar-refractivity contribution in [3.63, 3.8) is 0 Å². The Hall–Kier alpha value is -0.430. The highest BCUT2D eigenvalue weighted by Gasteiger charge is 2.40. The van der Waals surface area contributed by atoms with Crippen LogP contribution < -0.4 is 0 Å². The van der Waals surface area contributed by atoms with E-state index in [9.17, 15) is 8.42 Å². The zero-order valence-corrected chi connectivity index (χ0v) is 13.1. The van der Waals surface area contributed by atoms with E-state index < -0.39 is 10.0 Å². The van der Waals surface area contributed by atoms with Gasteiger partial charge in [0.2, 0.25) is 0 Å². The second-order valence-corrected chi connectivity index (χ2v) is 8.83. The van der Waals surface area contributed by atoms with Crippen molar-refractivity contribution >= 4 is 21.4 Å². The Balaban J connectivity index is 1.89. The van der Waals surface area contributed by atoms with Gasteiger partial charge < -0.3 is 5.11 Å². The minimum Gasteiger partial charge on any atom is -0.392 e. The summed E-state index contributed by atoms with van der Waals surface area (Å²) in [6.45, 7) is 0.550. The summed E-state index contributed by atoms with van der Waals surface area (Å²) in [6.07, 6.45) is 6.69. The molecule has 2 heterocycles. The van der Waals surface area contributed by atoms with Crippen LogP contribution in [-0.2, 0) is 16.6 Å². The van der Waals surface area contributed by atoms with Gasteiger partial charge in [-0.2, -0.15) is 4.31 Å². The lowest BCUT2D eigenvalue weighted by molar-refractivity contribution is 0.129. The van der Waals surface area contributed by atoms with Crippen molar-refractivity contribution in [3.05, 3.63) is 17.0 Å². The molecule has 1 saturated heterocycles. The lowest BCUT2D eigenvalue weighted by atomic mass is 9.79. The van der Waals surface area contributed by atoms with Gasteiger partial charge in [-0.25, -0.2) is 8.42 Å². The SMILES string of the molecule is O=S(=O)(c1cc(CO)cs1)N1CCC[C@H]2CCCC[C@H]21. The number of hydrogen-bond acceptors (Lipinski definition) is 4. The van der Waals surface area contributed by atoms with Crippen molar-refractivity contribution in [1.82, 2.24) is 4.31 Å². The molecule has 2 fully saturated rings. The Morgan fingerprint density at radius 1 is 1.25 bits per heavy atom. The number of fused-ring (bicyclic) bond motifs is 1. The quantitative estimate of drug-likeness (QED) is 0.932. The number of aliphatic hydroxyl groups is 1. The monoisotopic (exact) mass is 315 g/mol. The lowest BCUT2D eigenvalue weighted by Crippen LogP contribution is -2.49. The number of sulfonamides is 1. The van der Waals surface area contributed by atoms with E-state index in [-0.39, 0.29) is 12.6 Å². The molecule has 2 aliphatic rings. The standard InChI is InChI=1S/C14H21NO3S2/c16-9-11-8-14(19-10-11)20(17,18)15-7-3-5-12-4-1-2-6-13(12)15/h8,10,12-13,16H,1-7,9H2/t12-,13-/m1/s1. The summed E-state index contributed by atoms with van der Waals surface area (Å²) in [5.74, 6) is 0.546. The van der Waals surface area contributed by atoms with Gasteiger partial charge in [-0.05, 0) is 48.6 Å². The molecule has 20 heavy (non-hydrogen) atoms. The van der Waals surface area contributed by atoms with Gasteiger partial charge >= 0.3 is 0 Å². The first kappa shape index (κ1) is 14.5. The number of rotatable bonds is 3. The molecule has 2 atom stereocenters. The number of thiophene rings is 1. The summed E-state index contributed by atoms with van der Waals surface area (Å²) in [5.41, 5.74) is 0.686. The molecule has 0 amide bonds. The maximum atomic E-state index is 12.8. The van der Waals surface area contributed by atoms with Gasteiger partial charge in [0.05, 0.1) is 6.61 Å². The van der Waals surface area contributed by atoms with Crippen LogP contribution in [0.2, 0.25) is 0 Å². The normalized spacial score (nSPS) is 28.2. The van der Waals surface area contributed by atoms with Gasteiger partial charge in [0.25, 0.3) is 10.0 Å². The van der Waals surface area contributed by atoms with Crippen molar-refractivity contribution in [2.45, 2.75) is 55.4 Å². The molecule has 1 aliphatic carbocycles. The van der Waals surface area contributed by atoms with Crippen molar-refractivity contribution < 1.29 is 13.5 Å². The fraction of sp³-hybridized carbons (Fsp3) is 0.714. The molecule has 1 aliphatic heterocycles. The van der Waals surface area contributed by atoms with Crippen LogP contribution in [0.15, 0.2) is 15.7 Å². The summed E-state index contributed by atoms with van der Waals surface area (Å²) in [5, 5.41) is 10.8. The molecule has 0 radical (unpaired) electrons. The molecule has 0 unspecified atom stereocenters. The van der Waals surface area contributed by atoms with Crippen LogP contribution in [-0.4, -0.2) is 30.4 Å². The van der Waals surface area contributed by atoms with Gasteiger partial charge in [0.1, 0.15) is 4.21 Å². The zero-order valence-electron chi connectivity index (χ0n) is 11.5. The predicted octanol–water partition coefficient (Wildman–Crippen LogP) is 2.58. The van der Waals surface area contributed by atoms with Crippen LogP contribution in [0.1, 0.15) is 44.1 Å². The van der Waals surface area contributed by atoms with Gasteiger partial charge in [-0.15, -0.1) is 11.3 Å². The maximum absolute atomic E-state index is 12.8. The molecule has 0 bridgehead atoms. The van der Waals surface area contributed by atoms with E-state index in [1.807, 2.05) is 0 Å². The van der Waals surface area contributed by atoms with Crippen LogP contribution >= 0.6 is 11.3 Å². The van der Waals surface area contributed by atoms with E-state index in [2.05, 4.69) is 0 Å². The summed E-state index contributed by atoms with van der Waals surface area (Å²) in [4.78, 5) is 0. The molecule has 3 rings (SSSR count). The van der Waals surface area contributed by atoms with E-state index in [1.165, 1.54) is 30.6 Å². The van der Waals surface area contributed by atoms with Crippen molar-refractivity contribution in [2.75, 3.05) is 6.54 Å². The van der Waals surface area contributed by atoms with Crippen LogP contribution in [0.5, 0.6) is 0 Å². The second-order valence-electron chi connectivity index (χ2n) is 5.80. The van der Waals surface area contributed by atoms with Gasteiger partial charge in [-0.3, -0.25) is 0 Å². The highest BCUT2D eigenvalue weighted by Crippen LogP contribution is 2.38. The van der Waals surface area contributed by atoms with Gasteiger partial charge in [0.15, 0.2) is 0 Å². The predicted molar refractivity (Wildman–Crippen MR) is 79.1 cm³/mol. The molecule has 0 aromatic carbocycles. The third-order valence-electron chi connectivity index (χ3n) is 4.57. The minimum absolute atomic E-state index is 0.0991. The number of aliphatic hydroxyl groups excluding tert-OH is 1. The summed E-state index contributed by atoms with van der Waals surface area (Å²) >= 11 is 1.22. The highest BCUT2D eigenvalue weighted by molar-refractivity contribution is 7.91. The Morgan fingerprint density at radius 2 is 2.00 bits per heavy atom. The lowest BCUT2D eigenvalue weighted by Gasteiger charge is -2.42. The Kier molecular flexibility index (Phi) is 4.17. The van der Waals surface area contributed by atoms with E-state index in [4.69, 9.17) is 5.11 Å². The van der Waals surface area contributed by atoms with Crippen LogP contribution in [0.3, 0.4) is 0 Å². The highest BCUT2D eigenvalue weighted by atomic mass is 32.2. The average Bonchev–Trinajstić information content (AvgIpc) is 2.96. The first-order chi connectivity index (χ1) is 9.63. The molecule has 6 heteroatoms. The topological polar surface area (TPSA) is 57.6 Å². The van der Waals surface area contributed by atoms with E-state index in [0.717, 1.165) is 19.3 Å². The molecule has 1 N–H and O–H groups in total. The molecular weight excluding hydrogens is 294 g/mol. The maximum Gasteiger partial charge on any atom is 0.252 e. The Morgan fingerprint density at radius 3 is 2.75 bits per heavy atom. The fourth-order valence-electron chi connectivity index (χ4n) is 3.56. The van der Waals surface area contributed by atoms with Crippen LogP contribution in [0.25, 0.3) is 0 Å². The second kappa shape index (κ2) is 5.75. The molecule has 4 nitrogen and oxygen atoms in total. The third kappa shape index (κ3) is 2.54. The number of nitrogens with zero attached hydrogens (tertiary/aromatic N) is 1. The Labute approximate surface area is 124 Å². The van der Waals surface area contributed by atoms with E-state index in [0.29, 0.717) is 22.2 Å². The van der Waals surface area contributed by atoms with Crippen LogP contribution in [0.4, 0.5) is 0 Å². The molecule has 1 aromatic rings. The van der Waals surface area contributed by atoms with Crippen molar-refractivity contribution in [3.8, 4) is 0 Å². The van der Waals surface area contributed by atoms with E-state index >= 15 is 0 Å². The molecular formula is C14H21NO3S2. The Bertz CT molecular complexity index is 565. The van der Waals surface area contributed by atoms with Crippen molar-refractivity contribution in [2.24, 2.45) is 5.92 Å². The van der Waals surface area contributed by atoms with Gasteiger partial charge in [-0.1, -0.05) is 12.8 Å². The van der Waals surface area contributed by atoms with Gasteiger partial charge in [0, 0.05) is 12.6 Å². The first-order valence-electron chi connectivity index (χ1n) is 7.33. The number of hydrogen-bond donors (Lipinski definition) is 1. The number of piperidine rings is 1. The molecule has 112 valence electrons. The molecule has 1 aromatic heterocycles.